The quantitative estimate of drug-likeness (QED) is 0.719. The molecule has 2 rings (SSSR count). The molecule has 0 radical (unpaired) electrons. The van der Waals surface area contributed by atoms with Crippen molar-refractivity contribution in [2.24, 2.45) is 5.41 Å². The van der Waals surface area contributed by atoms with Crippen LogP contribution in [0.2, 0.25) is 0 Å². The number of likely N-dealkylation sites (tertiary alicyclic amines) is 1. The number of rotatable bonds is 3. The normalized spacial score (nSPS) is 33.2. The molecule has 1 saturated carbocycles. The van der Waals surface area contributed by atoms with Crippen LogP contribution in [0.15, 0.2) is 0 Å². The van der Waals surface area contributed by atoms with E-state index in [0.29, 0.717) is 12.0 Å². The van der Waals surface area contributed by atoms with Crippen LogP contribution in [0.25, 0.3) is 0 Å². The molecule has 0 aromatic carbocycles. The van der Waals surface area contributed by atoms with Gasteiger partial charge in [-0.1, -0.05) is 6.42 Å². The Morgan fingerprint density at radius 1 is 1.38 bits per heavy atom. The van der Waals surface area contributed by atoms with Crippen LogP contribution in [0, 0.1) is 5.41 Å². The number of piperidine rings is 1. The van der Waals surface area contributed by atoms with Crippen LogP contribution in [0.1, 0.15) is 39.0 Å². The van der Waals surface area contributed by atoms with Crippen LogP contribution in [-0.2, 0) is 0 Å². The van der Waals surface area contributed by atoms with E-state index >= 15 is 0 Å². The first-order chi connectivity index (χ1) is 6.26. The summed E-state index contributed by atoms with van der Waals surface area (Å²) in [6.07, 6.45) is 6.58. The summed E-state index contributed by atoms with van der Waals surface area (Å²) in [4.78, 5) is 2.58. The van der Waals surface area contributed by atoms with Gasteiger partial charge in [-0.2, -0.15) is 0 Å². The van der Waals surface area contributed by atoms with Crippen LogP contribution in [0.4, 0.5) is 0 Å². The third-order valence-corrected chi connectivity index (χ3v) is 3.77. The minimum atomic E-state index is 0.311. The lowest BCUT2D eigenvalue weighted by Gasteiger charge is -2.35. The van der Waals surface area contributed by atoms with Gasteiger partial charge < -0.3 is 10.0 Å². The van der Waals surface area contributed by atoms with Gasteiger partial charge in [-0.25, -0.2) is 0 Å². The molecule has 76 valence electrons. The summed E-state index contributed by atoms with van der Waals surface area (Å²) >= 11 is 0. The molecule has 1 aliphatic heterocycles. The molecular formula is C11H21NO. The van der Waals surface area contributed by atoms with Crippen molar-refractivity contribution in [1.29, 1.82) is 0 Å². The van der Waals surface area contributed by atoms with Crippen molar-refractivity contribution >= 4 is 0 Å². The average Bonchev–Trinajstić information content (AvgIpc) is 2.90. The van der Waals surface area contributed by atoms with E-state index in [9.17, 15) is 5.11 Å². The third-order valence-electron chi connectivity index (χ3n) is 3.77. The van der Waals surface area contributed by atoms with Gasteiger partial charge in [-0.3, -0.25) is 0 Å². The van der Waals surface area contributed by atoms with E-state index in [4.69, 9.17) is 0 Å². The van der Waals surface area contributed by atoms with E-state index < -0.39 is 0 Å². The van der Waals surface area contributed by atoms with Crippen molar-refractivity contribution in [1.82, 2.24) is 4.90 Å². The smallest absolute Gasteiger partial charge is 0.0499 e. The lowest BCUT2D eigenvalue weighted by molar-refractivity contribution is 0.0984. The Bertz CT molecular complexity index is 177. The molecule has 0 unspecified atom stereocenters. The molecule has 0 spiro atoms. The molecule has 13 heavy (non-hydrogen) atoms. The Kier molecular flexibility index (Phi) is 2.61. The SMILES string of the molecule is C[C@@H]1CCCCN1CC1(CO)CC1. The monoisotopic (exact) mass is 183 g/mol. The van der Waals surface area contributed by atoms with Crippen molar-refractivity contribution in [2.45, 2.75) is 45.1 Å². The van der Waals surface area contributed by atoms with Crippen LogP contribution in [-0.4, -0.2) is 35.7 Å². The first kappa shape index (κ1) is 9.47. The molecule has 0 aromatic rings. The summed E-state index contributed by atoms with van der Waals surface area (Å²) in [7, 11) is 0. The minimum Gasteiger partial charge on any atom is -0.396 e. The largest absolute Gasteiger partial charge is 0.396 e. The standard InChI is InChI=1S/C11H21NO/c1-10-4-2-3-7-12(10)8-11(9-13)5-6-11/h10,13H,2-9H2,1H3/t10-/m1/s1. The van der Waals surface area contributed by atoms with Crippen molar-refractivity contribution in [2.75, 3.05) is 19.7 Å². The Morgan fingerprint density at radius 2 is 2.15 bits per heavy atom. The van der Waals surface area contributed by atoms with Gasteiger partial charge in [0.25, 0.3) is 0 Å². The molecule has 0 bridgehead atoms. The van der Waals surface area contributed by atoms with Crippen molar-refractivity contribution in [3.8, 4) is 0 Å². The van der Waals surface area contributed by atoms with Crippen LogP contribution in [0.5, 0.6) is 0 Å². The molecule has 1 N–H and O–H groups in total. The lowest BCUT2D eigenvalue weighted by Crippen LogP contribution is -2.41. The maximum Gasteiger partial charge on any atom is 0.0499 e. The van der Waals surface area contributed by atoms with E-state index in [1.165, 1.54) is 38.6 Å². The number of aliphatic hydroxyl groups is 1. The summed E-state index contributed by atoms with van der Waals surface area (Å²) in [5.74, 6) is 0. The summed E-state index contributed by atoms with van der Waals surface area (Å²) in [5.41, 5.74) is 0.311. The Balaban J connectivity index is 1.85. The maximum atomic E-state index is 9.25. The second kappa shape index (κ2) is 3.58. The van der Waals surface area contributed by atoms with Crippen molar-refractivity contribution in [3.63, 3.8) is 0 Å². The van der Waals surface area contributed by atoms with Crippen LogP contribution >= 0.6 is 0 Å². The first-order valence-corrected chi connectivity index (χ1v) is 5.61. The Hall–Kier alpha value is -0.0800. The van der Waals surface area contributed by atoms with Gasteiger partial charge in [0.2, 0.25) is 0 Å². The molecular weight excluding hydrogens is 162 g/mol. The van der Waals surface area contributed by atoms with Gasteiger partial charge in [-0.05, 0) is 39.2 Å². The minimum absolute atomic E-state index is 0.311. The van der Waals surface area contributed by atoms with Crippen LogP contribution < -0.4 is 0 Å². The zero-order chi connectivity index (χ0) is 9.31. The Labute approximate surface area is 80.9 Å². The fraction of sp³-hybridized carbons (Fsp3) is 1.00. The molecule has 2 heteroatoms. The van der Waals surface area contributed by atoms with Crippen molar-refractivity contribution < 1.29 is 5.11 Å². The molecule has 2 fully saturated rings. The third kappa shape index (κ3) is 2.05. The van der Waals surface area contributed by atoms with Crippen molar-refractivity contribution in [3.05, 3.63) is 0 Å². The zero-order valence-electron chi connectivity index (χ0n) is 8.63. The molecule has 1 atom stereocenters. The molecule has 2 aliphatic rings. The Morgan fingerprint density at radius 3 is 2.69 bits per heavy atom. The van der Waals surface area contributed by atoms with Crippen LogP contribution in [0.3, 0.4) is 0 Å². The number of hydrogen-bond donors (Lipinski definition) is 1. The fourth-order valence-electron chi connectivity index (χ4n) is 2.37. The van der Waals surface area contributed by atoms with E-state index in [2.05, 4.69) is 11.8 Å². The van der Waals surface area contributed by atoms with Gasteiger partial charge in [-0.15, -0.1) is 0 Å². The second-order valence-corrected chi connectivity index (χ2v) is 4.97. The fourth-order valence-corrected chi connectivity index (χ4v) is 2.37. The van der Waals surface area contributed by atoms with Gasteiger partial charge >= 0.3 is 0 Å². The summed E-state index contributed by atoms with van der Waals surface area (Å²) < 4.78 is 0. The van der Waals surface area contributed by atoms with E-state index in [-0.39, 0.29) is 0 Å². The van der Waals surface area contributed by atoms with E-state index in [0.717, 1.165) is 12.6 Å². The highest BCUT2D eigenvalue weighted by Gasteiger charge is 2.43. The predicted octanol–water partition coefficient (Wildman–Crippen LogP) is 1.63. The van der Waals surface area contributed by atoms with E-state index in [1.54, 1.807) is 0 Å². The molecule has 0 amide bonds. The molecule has 2 nitrogen and oxygen atoms in total. The predicted molar refractivity (Wildman–Crippen MR) is 53.6 cm³/mol. The van der Waals surface area contributed by atoms with Gasteiger partial charge in [0.1, 0.15) is 0 Å². The summed E-state index contributed by atoms with van der Waals surface area (Å²) in [6, 6.07) is 0.748. The van der Waals surface area contributed by atoms with Gasteiger partial charge in [0.05, 0.1) is 0 Å². The first-order valence-electron chi connectivity index (χ1n) is 5.61. The maximum absolute atomic E-state index is 9.25. The number of hydrogen-bond acceptors (Lipinski definition) is 2. The molecule has 1 saturated heterocycles. The van der Waals surface area contributed by atoms with Gasteiger partial charge in [0, 0.05) is 24.6 Å². The molecule has 1 aliphatic carbocycles. The topological polar surface area (TPSA) is 23.5 Å². The van der Waals surface area contributed by atoms with Gasteiger partial charge in [0.15, 0.2) is 0 Å². The number of aliphatic hydroxyl groups excluding tert-OH is 1. The lowest BCUT2D eigenvalue weighted by atomic mass is 10.00. The zero-order valence-corrected chi connectivity index (χ0v) is 8.63. The summed E-state index contributed by atoms with van der Waals surface area (Å²) in [5, 5.41) is 9.25. The number of nitrogens with zero attached hydrogens (tertiary/aromatic N) is 1. The summed E-state index contributed by atoms with van der Waals surface area (Å²) in [6.45, 7) is 5.12. The second-order valence-electron chi connectivity index (χ2n) is 4.97. The molecule has 0 aromatic heterocycles. The highest BCUT2D eigenvalue weighted by molar-refractivity contribution is 4.96. The average molecular weight is 183 g/mol. The highest BCUT2D eigenvalue weighted by atomic mass is 16.3. The van der Waals surface area contributed by atoms with E-state index in [1.807, 2.05) is 0 Å². The molecule has 1 heterocycles. The highest BCUT2D eigenvalue weighted by Crippen LogP contribution is 2.46.